The van der Waals surface area contributed by atoms with E-state index in [-0.39, 0.29) is 0 Å². The van der Waals surface area contributed by atoms with E-state index in [1.807, 2.05) is 16.8 Å². The molecule has 0 spiro atoms. The molecule has 0 saturated carbocycles. The summed E-state index contributed by atoms with van der Waals surface area (Å²) in [5.41, 5.74) is 1.92. The van der Waals surface area contributed by atoms with Gasteiger partial charge in [0.1, 0.15) is 15.3 Å². The highest BCUT2D eigenvalue weighted by molar-refractivity contribution is 7.69. The van der Waals surface area contributed by atoms with Gasteiger partial charge in [-0.15, -0.1) is 22.9 Å². The van der Waals surface area contributed by atoms with Crippen LogP contribution in [0.1, 0.15) is 18.4 Å². The topological polar surface area (TPSA) is 71.2 Å². The van der Waals surface area contributed by atoms with Gasteiger partial charge in [-0.25, -0.2) is 9.97 Å². The van der Waals surface area contributed by atoms with Gasteiger partial charge in [0.15, 0.2) is 0 Å². The number of fused-ring (bicyclic) bond motifs is 1. The van der Waals surface area contributed by atoms with Crippen molar-refractivity contribution in [2.75, 3.05) is 14.2 Å². The Morgan fingerprint density at radius 2 is 2.12 bits per heavy atom. The smallest absolute Gasteiger partial charge is 0.333 e. The number of hydrogen-bond acceptors (Lipinski definition) is 6. The molecule has 0 radical (unpaired) electrons. The van der Waals surface area contributed by atoms with E-state index in [0.717, 1.165) is 28.4 Å². The first-order chi connectivity index (χ1) is 11.6. The number of rotatable bonds is 7. The normalized spacial score (nSPS) is 12.3. The number of imidazole rings is 2. The fourth-order valence-corrected chi connectivity index (χ4v) is 5.48. The predicted octanol–water partition coefficient (Wildman–Crippen LogP) is 3.21. The van der Waals surface area contributed by atoms with Crippen molar-refractivity contribution < 1.29 is 13.6 Å². The van der Waals surface area contributed by atoms with E-state index in [1.54, 1.807) is 6.33 Å². The molecule has 0 aliphatic carbocycles. The zero-order valence-electron chi connectivity index (χ0n) is 13.6. The van der Waals surface area contributed by atoms with Gasteiger partial charge in [-0.05, 0) is 13.0 Å². The highest BCUT2D eigenvalue weighted by Crippen LogP contribution is 2.48. The highest BCUT2D eigenvalue weighted by Gasteiger charge is 2.29. The van der Waals surface area contributed by atoms with E-state index in [9.17, 15) is 4.57 Å². The van der Waals surface area contributed by atoms with Crippen LogP contribution in [0.3, 0.4) is 0 Å². The quantitative estimate of drug-likeness (QED) is 0.459. The van der Waals surface area contributed by atoms with Crippen LogP contribution in [-0.4, -0.2) is 33.3 Å². The van der Waals surface area contributed by atoms with E-state index in [2.05, 4.69) is 21.5 Å². The van der Waals surface area contributed by atoms with Crippen LogP contribution in [-0.2, 0) is 32.6 Å². The molecule has 0 aromatic carbocycles. The van der Waals surface area contributed by atoms with Crippen molar-refractivity contribution in [1.82, 2.24) is 19.1 Å². The Hall–Kier alpha value is -1.18. The average molecular weight is 389 g/mol. The third kappa shape index (κ3) is 2.93. The molecule has 24 heavy (non-hydrogen) atoms. The van der Waals surface area contributed by atoms with Crippen molar-refractivity contribution in [3.63, 3.8) is 0 Å². The second-order valence-electron chi connectivity index (χ2n) is 5.06. The summed E-state index contributed by atoms with van der Waals surface area (Å²) in [7, 11) is -0.537. The monoisotopic (exact) mass is 388 g/mol. The zero-order valence-corrected chi connectivity index (χ0v) is 16.1. The fourth-order valence-electron chi connectivity index (χ4n) is 2.54. The summed E-state index contributed by atoms with van der Waals surface area (Å²) in [6.45, 7) is 3.49. The van der Waals surface area contributed by atoms with Crippen molar-refractivity contribution >= 4 is 45.5 Å². The number of aromatic nitrogens is 4. The molecule has 3 aromatic rings. The molecule has 3 aromatic heterocycles. The van der Waals surface area contributed by atoms with Gasteiger partial charge in [0.25, 0.3) is 0 Å². The third-order valence-electron chi connectivity index (χ3n) is 3.84. The lowest BCUT2D eigenvalue weighted by Gasteiger charge is -2.11. The van der Waals surface area contributed by atoms with Crippen molar-refractivity contribution in [1.29, 1.82) is 0 Å². The molecule has 0 unspecified atom stereocenters. The van der Waals surface area contributed by atoms with Gasteiger partial charge in [0, 0.05) is 27.0 Å². The second kappa shape index (κ2) is 6.98. The van der Waals surface area contributed by atoms with Crippen LogP contribution >= 0.6 is 30.5 Å². The van der Waals surface area contributed by atoms with Crippen molar-refractivity contribution in [2.45, 2.75) is 25.9 Å². The first-order valence-corrected chi connectivity index (χ1v) is 10.2. The number of alkyl halides is 1. The van der Waals surface area contributed by atoms with Crippen molar-refractivity contribution in [2.24, 2.45) is 0 Å². The maximum Gasteiger partial charge on any atom is 0.370 e. The minimum Gasteiger partial charge on any atom is -0.333 e. The second-order valence-corrected chi connectivity index (χ2v) is 8.86. The van der Waals surface area contributed by atoms with Crippen LogP contribution in [0, 0.1) is 0 Å². The number of hydrogen-bond donors (Lipinski definition) is 0. The Morgan fingerprint density at radius 3 is 2.75 bits per heavy atom. The first-order valence-electron chi connectivity index (χ1n) is 7.32. The van der Waals surface area contributed by atoms with E-state index < -0.39 is 7.60 Å². The molecule has 10 heteroatoms. The molecule has 0 amide bonds. The van der Waals surface area contributed by atoms with Crippen LogP contribution in [0.2, 0.25) is 0 Å². The summed E-state index contributed by atoms with van der Waals surface area (Å²) >= 11 is 7.35. The van der Waals surface area contributed by atoms with E-state index in [4.69, 9.17) is 20.6 Å². The molecule has 0 aliphatic rings. The molecule has 0 bridgehead atoms. The van der Waals surface area contributed by atoms with Gasteiger partial charge >= 0.3 is 7.60 Å². The van der Waals surface area contributed by atoms with Gasteiger partial charge < -0.3 is 18.2 Å². The largest absolute Gasteiger partial charge is 0.370 e. The molecule has 130 valence electrons. The molecule has 0 N–H and O–H groups in total. The average Bonchev–Trinajstić information content (AvgIpc) is 3.29. The number of thiophene rings is 1. The first kappa shape index (κ1) is 17.6. The lowest BCUT2D eigenvalue weighted by atomic mass is 10.4. The van der Waals surface area contributed by atoms with Crippen molar-refractivity contribution in [3.8, 4) is 0 Å². The summed E-state index contributed by atoms with van der Waals surface area (Å²) in [4.78, 5) is 9.51. The Labute approximate surface area is 148 Å². The molecular formula is C14H18ClN4O3PS. The zero-order chi connectivity index (χ0) is 17.3. The molecule has 0 fully saturated rings. The van der Waals surface area contributed by atoms with Crippen LogP contribution in [0.25, 0.3) is 10.3 Å². The minimum atomic E-state index is -3.29. The Balaban J connectivity index is 2.08. The third-order valence-corrected chi connectivity index (χ3v) is 7.48. The summed E-state index contributed by atoms with van der Waals surface area (Å²) in [5.74, 6) is 1.06. The SMILES string of the molecule is CCn1cncc1Cn1c(CCl)nc2sc(P(=O)(OC)OC)cc21. The maximum absolute atomic E-state index is 12.6. The van der Waals surface area contributed by atoms with Gasteiger partial charge in [-0.2, -0.15) is 0 Å². The van der Waals surface area contributed by atoms with Crippen LogP contribution < -0.4 is 4.62 Å². The fraction of sp³-hybridized carbons (Fsp3) is 0.429. The summed E-state index contributed by atoms with van der Waals surface area (Å²) in [6, 6.07) is 1.81. The highest BCUT2D eigenvalue weighted by atomic mass is 35.5. The van der Waals surface area contributed by atoms with E-state index >= 15 is 0 Å². The van der Waals surface area contributed by atoms with Crippen LogP contribution in [0.5, 0.6) is 0 Å². The molecule has 3 heterocycles. The minimum absolute atomic E-state index is 0.295. The molecule has 7 nitrogen and oxygen atoms in total. The summed E-state index contributed by atoms with van der Waals surface area (Å²) in [6.07, 6.45) is 3.63. The number of aryl methyl sites for hydroxylation is 1. The van der Waals surface area contributed by atoms with E-state index in [0.29, 0.717) is 17.0 Å². The van der Waals surface area contributed by atoms with Gasteiger partial charge in [-0.3, -0.25) is 4.57 Å². The molecule has 0 saturated heterocycles. The summed E-state index contributed by atoms with van der Waals surface area (Å²) < 4.78 is 27.4. The Kier molecular flexibility index (Phi) is 5.13. The van der Waals surface area contributed by atoms with Gasteiger partial charge in [-0.1, -0.05) is 0 Å². The Bertz CT molecular complexity index is 895. The Morgan fingerprint density at radius 1 is 1.38 bits per heavy atom. The lowest BCUT2D eigenvalue weighted by molar-refractivity contribution is 0.288. The van der Waals surface area contributed by atoms with Crippen molar-refractivity contribution in [3.05, 3.63) is 30.1 Å². The molecular weight excluding hydrogens is 371 g/mol. The predicted molar refractivity (Wildman–Crippen MR) is 95.4 cm³/mol. The summed E-state index contributed by atoms with van der Waals surface area (Å²) in [5, 5.41) is 0. The standard InChI is InChI=1S/C14H18ClN4O3PS/c1-4-18-9-16-7-10(18)8-19-11-5-13(23(20,21-2)22-3)24-14(11)17-12(19)6-15/h5,7,9H,4,6,8H2,1-3H3. The molecule has 0 aliphatic heterocycles. The maximum atomic E-state index is 12.6. The molecule has 3 rings (SSSR count). The number of nitrogens with zero attached hydrogens (tertiary/aromatic N) is 4. The van der Waals surface area contributed by atoms with Gasteiger partial charge in [0.2, 0.25) is 0 Å². The number of halogens is 1. The van der Waals surface area contributed by atoms with E-state index in [1.165, 1.54) is 25.6 Å². The van der Waals surface area contributed by atoms with Crippen LogP contribution in [0.15, 0.2) is 18.6 Å². The van der Waals surface area contributed by atoms with Crippen LogP contribution in [0.4, 0.5) is 0 Å². The molecule has 0 atom stereocenters. The van der Waals surface area contributed by atoms with Gasteiger partial charge in [0.05, 0.1) is 30.0 Å². The lowest BCUT2D eigenvalue weighted by Crippen LogP contribution is -2.09.